The first kappa shape index (κ1) is 9.12. The van der Waals surface area contributed by atoms with Crippen molar-refractivity contribution in [1.29, 1.82) is 0 Å². The summed E-state index contributed by atoms with van der Waals surface area (Å²) in [4.78, 5) is 5.24. The van der Waals surface area contributed by atoms with Gasteiger partial charge in [-0.05, 0) is 34.9 Å². The molecule has 0 aromatic carbocycles. The molecule has 0 saturated carbocycles. The van der Waals surface area contributed by atoms with Crippen molar-refractivity contribution in [3.05, 3.63) is 16.0 Å². The van der Waals surface area contributed by atoms with Crippen LogP contribution < -0.4 is 4.74 Å². The summed E-state index contributed by atoms with van der Waals surface area (Å²) in [7, 11) is 1.66. The lowest BCUT2D eigenvalue weighted by molar-refractivity contribution is 0.402. The van der Waals surface area contributed by atoms with Crippen LogP contribution >= 0.6 is 34.4 Å². The predicted octanol–water partition coefficient (Wildman–Crippen LogP) is 2.42. The van der Waals surface area contributed by atoms with Crippen molar-refractivity contribution < 1.29 is 4.74 Å². The van der Waals surface area contributed by atoms with Gasteiger partial charge >= 0.3 is 0 Å². The zero-order valence-corrected chi connectivity index (χ0v) is 9.27. The number of methoxy groups -OCH3 is 1. The molecule has 11 heavy (non-hydrogen) atoms. The largest absolute Gasteiger partial charge is 0.494 e. The van der Waals surface area contributed by atoms with Crippen LogP contribution in [-0.2, 0) is 0 Å². The Morgan fingerprint density at radius 2 is 2.36 bits per heavy atom. The molecule has 1 rings (SSSR count). The third kappa shape index (κ3) is 2.23. The number of thioether (sulfide) groups is 1. The van der Waals surface area contributed by atoms with Gasteiger partial charge < -0.3 is 4.74 Å². The monoisotopic (exact) mass is 281 g/mol. The molecule has 0 aliphatic heterocycles. The fourth-order valence-corrected chi connectivity index (χ4v) is 1.94. The number of halogens is 1. The fourth-order valence-electron chi connectivity index (χ4n) is 0.713. The van der Waals surface area contributed by atoms with Crippen LogP contribution in [0.4, 0.5) is 0 Å². The molecule has 0 atom stereocenters. The highest BCUT2D eigenvalue weighted by Crippen LogP contribution is 2.27. The summed E-state index contributed by atoms with van der Waals surface area (Å²) in [6.07, 6.45) is 3.77. The van der Waals surface area contributed by atoms with E-state index in [0.29, 0.717) is 0 Å². The zero-order valence-electron chi connectivity index (χ0n) is 6.30. The van der Waals surface area contributed by atoms with Crippen LogP contribution in [0, 0.1) is 3.70 Å². The molecule has 1 heterocycles. The Morgan fingerprint density at radius 1 is 1.64 bits per heavy atom. The second kappa shape index (κ2) is 4.15. The lowest BCUT2D eigenvalue weighted by Gasteiger charge is -2.04. The molecule has 0 bridgehead atoms. The van der Waals surface area contributed by atoms with Gasteiger partial charge in [-0.3, -0.25) is 0 Å². The van der Waals surface area contributed by atoms with Crippen LogP contribution in [0.25, 0.3) is 0 Å². The number of aromatic nitrogens is 1. The molecule has 0 spiro atoms. The summed E-state index contributed by atoms with van der Waals surface area (Å²) in [5, 5.41) is 0. The van der Waals surface area contributed by atoms with Gasteiger partial charge in [-0.15, -0.1) is 11.8 Å². The molecule has 4 heteroatoms. The number of hydrogen-bond donors (Lipinski definition) is 0. The number of pyridine rings is 1. The van der Waals surface area contributed by atoms with E-state index in [0.717, 1.165) is 14.3 Å². The van der Waals surface area contributed by atoms with Crippen molar-refractivity contribution in [1.82, 2.24) is 4.98 Å². The van der Waals surface area contributed by atoms with Crippen LogP contribution in [0.5, 0.6) is 5.75 Å². The summed E-state index contributed by atoms with van der Waals surface area (Å²) in [6.45, 7) is 0. The van der Waals surface area contributed by atoms with Gasteiger partial charge in [-0.2, -0.15) is 0 Å². The first-order chi connectivity index (χ1) is 5.27. The molecule has 60 valence electrons. The van der Waals surface area contributed by atoms with Crippen LogP contribution in [0.1, 0.15) is 0 Å². The Bertz CT molecular complexity index is 254. The van der Waals surface area contributed by atoms with Crippen molar-refractivity contribution in [2.75, 3.05) is 13.4 Å². The molecule has 0 fully saturated rings. The zero-order chi connectivity index (χ0) is 8.27. The molecular weight excluding hydrogens is 273 g/mol. The Morgan fingerprint density at radius 3 is 2.91 bits per heavy atom. The molecule has 0 radical (unpaired) electrons. The van der Waals surface area contributed by atoms with Gasteiger partial charge in [0.15, 0.2) is 5.75 Å². The maximum absolute atomic E-state index is 5.10. The first-order valence-corrected chi connectivity index (χ1v) is 5.32. The highest BCUT2D eigenvalue weighted by molar-refractivity contribution is 14.1. The van der Waals surface area contributed by atoms with E-state index in [1.54, 1.807) is 25.1 Å². The van der Waals surface area contributed by atoms with E-state index < -0.39 is 0 Å². The molecule has 1 aromatic rings. The quantitative estimate of drug-likeness (QED) is 0.472. The third-order valence-corrected chi connectivity index (χ3v) is 2.59. The minimum Gasteiger partial charge on any atom is -0.494 e. The van der Waals surface area contributed by atoms with Crippen molar-refractivity contribution >= 4 is 34.4 Å². The van der Waals surface area contributed by atoms with Gasteiger partial charge in [-0.25, -0.2) is 4.98 Å². The van der Waals surface area contributed by atoms with E-state index in [2.05, 4.69) is 27.6 Å². The molecule has 0 N–H and O–H groups in total. The van der Waals surface area contributed by atoms with Gasteiger partial charge in [0.25, 0.3) is 0 Å². The van der Waals surface area contributed by atoms with Gasteiger partial charge in [0, 0.05) is 0 Å². The van der Waals surface area contributed by atoms with E-state index in [1.807, 2.05) is 12.3 Å². The van der Waals surface area contributed by atoms with Gasteiger partial charge in [0.05, 0.1) is 18.2 Å². The van der Waals surface area contributed by atoms with E-state index in [9.17, 15) is 0 Å². The van der Waals surface area contributed by atoms with Crippen LogP contribution in [0.2, 0.25) is 0 Å². The Labute approximate surface area is 83.9 Å². The number of nitrogens with zero attached hydrogens (tertiary/aromatic N) is 1. The molecule has 0 aliphatic rings. The second-order valence-electron chi connectivity index (χ2n) is 1.86. The van der Waals surface area contributed by atoms with E-state index in [4.69, 9.17) is 4.74 Å². The van der Waals surface area contributed by atoms with E-state index >= 15 is 0 Å². The van der Waals surface area contributed by atoms with Crippen LogP contribution in [0.15, 0.2) is 17.2 Å². The van der Waals surface area contributed by atoms with Gasteiger partial charge in [-0.1, -0.05) is 0 Å². The minimum absolute atomic E-state index is 0.845. The van der Waals surface area contributed by atoms with E-state index in [-0.39, 0.29) is 0 Å². The van der Waals surface area contributed by atoms with Crippen molar-refractivity contribution in [2.45, 2.75) is 4.90 Å². The molecule has 1 aromatic heterocycles. The summed E-state index contributed by atoms with van der Waals surface area (Å²) in [5.74, 6) is 0.845. The number of rotatable bonds is 2. The molecule has 2 nitrogen and oxygen atoms in total. The fraction of sp³-hybridized carbons (Fsp3) is 0.286. The molecule has 0 aliphatic carbocycles. The normalized spacial score (nSPS) is 9.73. The Balaban J connectivity index is 3.06. The molecule has 0 saturated heterocycles. The highest BCUT2D eigenvalue weighted by atomic mass is 127. The Kier molecular flexibility index (Phi) is 3.45. The lowest BCUT2D eigenvalue weighted by Crippen LogP contribution is -1.88. The standard InChI is InChI=1S/C7H8INOS/c1-10-5-4-9-7(8)3-6(5)11-2/h3-4H,1-2H3. The predicted molar refractivity (Wildman–Crippen MR) is 55.3 cm³/mol. The lowest BCUT2D eigenvalue weighted by atomic mass is 10.5. The van der Waals surface area contributed by atoms with Crippen molar-refractivity contribution in [2.24, 2.45) is 0 Å². The van der Waals surface area contributed by atoms with E-state index in [1.165, 1.54) is 0 Å². The average Bonchev–Trinajstić information content (AvgIpc) is 2.04. The summed E-state index contributed by atoms with van der Waals surface area (Å²) in [6, 6.07) is 2.00. The second-order valence-corrected chi connectivity index (χ2v) is 3.82. The van der Waals surface area contributed by atoms with Crippen LogP contribution in [0.3, 0.4) is 0 Å². The molecule has 0 unspecified atom stereocenters. The van der Waals surface area contributed by atoms with Gasteiger partial charge in [0.1, 0.15) is 3.70 Å². The maximum atomic E-state index is 5.10. The molecular formula is C7H8INOS. The Hall–Kier alpha value is 0.0300. The van der Waals surface area contributed by atoms with Crippen molar-refractivity contribution in [3.8, 4) is 5.75 Å². The summed E-state index contributed by atoms with van der Waals surface area (Å²) >= 11 is 3.85. The topological polar surface area (TPSA) is 22.1 Å². The van der Waals surface area contributed by atoms with Gasteiger partial charge in [0.2, 0.25) is 0 Å². The maximum Gasteiger partial charge on any atom is 0.150 e. The SMILES string of the molecule is COc1cnc(I)cc1SC. The first-order valence-electron chi connectivity index (χ1n) is 3.01. The smallest absolute Gasteiger partial charge is 0.150 e. The van der Waals surface area contributed by atoms with Crippen LogP contribution in [-0.4, -0.2) is 18.3 Å². The highest BCUT2D eigenvalue weighted by Gasteiger charge is 2.01. The molecule has 0 amide bonds. The summed E-state index contributed by atoms with van der Waals surface area (Å²) in [5.41, 5.74) is 0. The third-order valence-electron chi connectivity index (χ3n) is 1.24. The van der Waals surface area contributed by atoms with Crippen molar-refractivity contribution in [3.63, 3.8) is 0 Å². The number of hydrogen-bond acceptors (Lipinski definition) is 3. The average molecular weight is 281 g/mol. The summed E-state index contributed by atoms with van der Waals surface area (Å²) < 4.78 is 6.10. The minimum atomic E-state index is 0.845. The number of ether oxygens (including phenoxy) is 1.